The summed E-state index contributed by atoms with van der Waals surface area (Å²) < 4.78 is 2.30. The molecule has 0 bridgehead atoms. The zero-order chi connectivity index (χ0) is 18.7. The fraction of sp³-hybridized carbons (Fsp3) is 0.0400. The van der Waals surface area contributed by atoms with Crippen molar-refractivity contribution in [3.8, 4) is 0 Å². The molecule has 0 unspecified atom stereocenters. The average Bonchev–Trinajstić information content (AvgIpc) is 3.03. The Morgan fingerprint density at radius 3 is 2.25 bits per heavy atom. The van der Waals surface area contributed by atoms with Gasteiger partial charge in [0, 0.05) is 38.8 Å². The van der Waals surface area contributed by atoms with Gasteiger partial charge in [0.2, 0.25) is 0 Å². The normalized spacial score (nSPS) is 13.0. The Labute approximate surface area is 168 Å². The molecule has 1 aliphatic heterocycles. The number of anilines is 3. The third-order valence-electron chi connectivity index (χ3n) is 5.58. The minimum absolute atomic E-state index is 1.19. The van der Waals surface area contributed by atoms with Gasteiger partial charge in [0.05, 0.1) is 16.9 Å². The van der Waals surface area contributed by atoms with Gasteiger partial charge in [-0.25, -0.2) is 0 Å². The van der Waals surface area contributed by atoms with Crippen LogP contribution in [0, 0.1) is 0 Å². The van der Waals surface area contributed by atoms with E-state index in [1.807, 2.05) is 11.8 Å². The van der Waals surface area contributed by atoms with E-state index >= 15 is 0 Å². The summed E-state index contributed by atoms with van der Waals surface area (Å²) in [5, 5.41) is 2.63. The van der Waals surface area contributed by atoms with Gasteiger partial charge in [0.25, 0.3) is 0 Å². The second kappa shape index (κ2) is 5.91. The summed E-state index contributed by atoms with van der Waals surface area (Å²) in [7, 11) is 2.16. The minimum Gasteiger partial charge on any atom is -0.344 e. The molecule has 2 heterocycles. The maximum absolute atomic E-state index is 2.39. The summed E-state index contributed by atoms with van der Waals surface area (Å²) >= 11 is 1.86. The molecule has 0 spiro atoms. The van der Waals surface area contributed by atoms with Crippen LogP contribution in [-0.2, 0) is 7.05 Å². The first-order chi connectivity index (χ1) is 13.8. The maximum atomic E-state index is 2.39. The van der Waals surface area contributed by atoms with E-state index in [1.54, 1.807) is 0 Å². The van der Waals surface area contributed by atoms with Gasteiger partial charge in [-0.3, -0.25) is 0 Å². The van der Waals surface area contributed by atoms with Crippen LogP contribution >= 0.6 is 11.8 Å². The van der Waals surface area contributed by atoms with Crippen molar-refractivity contribution in [1.29, 1.82) is 0 Å². The van der Waals surface area contributed by atoms with Crippen molar-refractivity contribution in [2.45, 2.75) is 9.79 Å². The van der Waals surface area contributed by atoms with Crippen LogP contribution in [0.1, 0.15) is 0 Å². The molecule has 0 amide bonds. The molecule has 1 aliphatic rings. The van der Waals surface area contributed by atoms with Crippen molar-refractivity contribution < 1.29 is 0 Å². The second-order valence-corrected chi connectivity index (χ2v) is 8.24. The molecule has 6 rings (SSSR count). The summed E-state index contributed by atoms with van der Waals surface area (Å²) in [6, 6.07) is 32.7. The number of para-hydroxylation sites is 3. The van der Waals surface area contributed by atoms with E-state index in [9.17, 15) is 0 Å². The molecule has 0 N–H and O–H groups in total. The highest BCUT2D eigenvalue weighted by Gasteiger charge is 2.26. The lowest BCUT2D eigenvalue weighted by Gasteiger charge is -2.33. The van der Waals surface area contributed by atoms with Crippen LogP contribution in [-0.4, -0.2) is 4.57 Å². The topological polar surface area (TPSA) is 8.17 Å². The Bertz CT molecular complexity index is 1350. The molecule has 134 valence electrons. The summed E-state index contributed by atoms with van der Waals surface area (Å²) in [6.45, 7) is 0. The van der Waals surface area contributed by atoms with E-state index in [4.69, 9.17) is 0 Å². The Morgan fingerprint density at radius 2 is 1.36 bits per heavy atom. The van der Waals surface area contributed by atoms with Crippen molar-refractivity contribution in [2.75, 3.05) is 4.90 Å². The molecule has 5 aromatic rings. The van der Waals surface area contributed by atoms with Gasteiger partial charge in [0.15, 0.2) is 0 Å². The molecule has 1 aromatic heterocycles. The zero-order valence-electron chi connectivity index (χ0n) is 15.5. The summed E-state index contributed by atoms with van der Waals surface area (Å²) in [5.74, 6) is 0. The minimum atomic E-state index is 1.19. The van der Waals surface area contributed by atoms with Crippen molar-refractivity contribution in [3.63, 3.8) is 0 Å². The molecule has 0 radical (unpaired) electrons. The first kappa shape index (κ1) is 15.8. The van der Waals surface area contributed by atoms with Crippen molar-refractivity contribution >= 4 is 50.6 Å². The van der Waals surface area contributed by atoms with E-state index < -0.39 is 0 Å². The number of aryl methyl sites for hydroxylation is 1. The number of hydrogen-bond acceptors (Lipinski definition) is 2. The molecule has 28 heavy (non-hydrogen) atoms. The van der Waals surface area contributed by atoms with Gasteiger partial charge in [-0.05, 0) is 42.5 Å². The maximum Gasteiger partial charge on any atom is 0.0622 e. The van der Waals surface area contributed by atoms with Crippen LogP contribution in [0.2, 0.25) is 0 Å². The fourth-order valence-electron chi connectivity index (χ4n) is 4.26. The van der Waals surface area contributed by atoms with Gasteiger partial charge in [-0.1, -0.05) is 60.3 Å². The standard InChI is InChI=1S/C25H18N2S/c1-26-20-12-6-5-11-18(20)19-15-25-23(16-22(19)26)27(17-9-3-2-4-10-17)21-13-7-8-14-24(21)28-25/h2-16H,1H3. The third-order valence-corrected chi connectivity index (χ3v) is 6.69. The molecule has 4 aromatic carbocycles. The fourth-order valence-corrected chi connectivity index (χ4v) is 5.34. The van der Waals surface area contributed by atoms with E-state index in [-0.39, 0.29) is 0 Å². The smallest absolute Gasteiger partial charge is 0.0622 e. The number of fused-ring (bicyclic) bond motifs is 5. The average molecular weight is 379 g/mol. The number of aromatic nitrogens is 1. The molecular weight excluding hydrogens is 360 g/mol. The van der Waals surface area contributed by atoms with E-state index in [1.165, 1.54) is 48.7 Å². The van der Waals surface area contributed by atoms with Crippen LogP contribution in [0.15, 0.2) is 101 Å². The highest BCUT2D eigenvalue weighted by molar-refractivity contribution is 7.99. The molecule has 0 saturated heterocycles. The van der Waals surface area contributed by atoms with Crippen molar-refractivity contribution in [1.82, 2.24) is 4.57 Å². The Balaban J connectivity index is 1.70. The Kier molecular flexibility index (Phi) is 3.35. The molecule has 2 nitrogen and oxygen atoms in total. The van der Waals surface area contributed by atoms with Gasteiger partial charge >= 0.3 is 0 Å². The Morgan fingerprint density at radius 1 is 0.607 bits per heavy atom. The van der Waals surface area contributed by atoms with Crippen LogP contribution < -0.4 is 4.90 Å². The van der Waals surface area contributed by atoms with Gasteiger partial charge < -0.3 is 9.47 Å². The second-order valence-electron chi connectivity index (χ2n) is 7.15. The number of benzene rings is 4. The first-order valence-corrected chi connectivity index (χ1v) is 10.3. The van der Waals surface area contributed by atoms with Crippen LogP contribution in [0.3, 0.4) is 0 Å². The summed E-state index contributed by atoms with van der Waals surface area (Å²) in [5.41, 5.74) is 6.21. The van der Waals surface area contributed by atoms with Gasteiger partial charge in [-0.2, -0.15) is 0 Å². The largest absolute Gasteiger partial charge is 0.344 e. The summed E-state index contributed by atoms with van der Waals surface area (Å²) in [6.07, 6.45) is 0. The van der Waals surface area contributed by atoms with Crippen molar-refractivity contribution in [3.05, 3.63) is 91.0 Å². The highest BCUT2D eigenvalue weighted by Crippen LogP contribution is 2.52. The SMILES string of the molecule is Cn1c2ccccc2c2cc3c(cc21)N(c1ccccc1)c1ccccc1S3. The predicted octanol–water partition coefficient (Wildman–Crippen LogP) is 7.27. The molecule has 0 fully saturated rings. The van der Waals surface area contributed by atoms with E-state index in [2.05, 4.69) is 108 Å². The van der Waals surface area contributed by atoms with Crippen LogP contribution in [0.5, 0.6) is 0 Å². The van der Waals surface area contributed by atoms with Crippen LogP contribution in [0.25, 0.3) is 21.8 Å². The third kappa shape index (κ3) is 2.17. The lowest BCUT2D eigenvalue weighted by molar-refractivity contribution is 1.01. The molecule has 3 heteroatoms. The van der Waals surface area contributed by atoms with Gasteiger partial charge in [-0.15, -0.1) is 0 Å². The molecule has 0 atom stereocenters. The van der Waals surface area contributed by atoms with E-state index in [0.717, 1.165) is 0 Å². The number of hydrogen-bond donors (Lipinski definition) is 0. The Hall–Kier alpha value is -3.17. The number of rotatable bonds is 1. The zero-order valence-corrected chi connectivity index (χ0v) is 16.3. The van der Waals surface area contributed by atoms with Crippen LogP contribution in [0.4, 0.5) is 17.1 Å². The monoisotopic (exact) mass is 378 g/mol. The molecule has 0 saturated carbocycles. The van der Waals surface area contributed by atoms with Crippen molar-refractivity contribution in [2.24, 2.45) is 7.05 Å². The van der Waals surface area contributed by atoms with E-state index in [0.29, 0.717) is 0 Å². The first-order valence-electron chi connectivity index (χ1n) is 9.44. The lowest BCUT2D eigenvalue weighted by Crippen LogP contribution is -2.14. The molecular formula is C25H18N2S. The quantitative estimate of drug-likeness (QED) is 0.297. The lowest BCUT2D eigenvalue weighted by atomic mass is 10.1. The molecule has 0 aliphatic carbocycles. The summed E-state index contributed by atoms with van der Waals surface area (Å²) in [4.78, 5) is 4.97. The predicted molar refractivity (Wildman–Crippen MR) is 119 cm³/mol. The highest BCUT2D eigenvalue weighted by atomic mass is 32.2. The van der Waals surface area contributed by atoms with Gasteiger partial charge in [0.1, 0.15) is 0 Å². The number of nitrogens with zero attached hydrogens (tertiary/aromatic N) is 2.